The number of hydrogen-bond donors (Lipinski definition) is 2. The van der Waals surface area contributed by atoms with Crippen LogP contribution in [0.15, 0.2) is 24.5 Å². The lowest BCUT2D eigenvalue weighted by atomic mass is 10.2. The second-order valence-corrected chi connectivity index (χ2v) is 4.47. The van der Waals surface area contributed by atoms with Crippen molar-refractivity contribution >= 4 is 16.9 Å². The lowest BCUT2D eigenvalue weighted by molar-refractivity contribution is -0.130. The van der Waals surface area contributed by atoms with Gasteiger partial charge in [-0.2, -0.15) is 0 Å². The minimum absolute atomic E-state index is 0.0165. The summed E-state index contributed by atoms with van der Waals surface area (Å²) in [5.41, 5.74) is 2.97. The van der Waals surface area contributed by atoms with Crippen molar-refractivity contribution in [1.29, 1.82) is 0 Å². The summed E-state index contributed by atoms with van der Waals surface area (Å²) in [6, 6.07) is 5.91. The largest absolute Gasteiger partial charge is 0.368 e. The maximum absolute atomic E-state index is 11.8. The molecule has 1 aliphatic rings. The second kappa shape index (κ2) is 4.78. The Kier molecular flexibility index (Phi) is 2.98. The van der Waals surface area contributed by atoms with Crippen molar-refractivity contribution in [3.8, 4) is 0 Å². The average molecular weight is 245 g/mol. The van der Waals surface area contributed by atoms with Gasteiger partial charge in [0.1, 0.15) is 6.10 Å². The van der Waals surface area contributed by atoms with Crippen LogP contribution in [0.4, 0.5) is 0 Å². The number of carbonyl (C=O) groups excluding carboxylic acids is 1. The number of ether oxygens (including phenoxy) is 1. The third kappa shape index (κ3) is 2.22. The zero-order valence-corrected chi connectivity index (χ0v) is 9.98. The number of H-pyrrole nitrogens is 1. The zero-order valence-electron chi connectivity index (χ0n) is 9.98. The van der Waals surface area contributed by atoms with E-state index in [1.807, 2.05) is 18.2 Å². The highest BCUT2D eigenvalue weighted by atomic mass is 16.5. The third-order valence-electron chi connectivity index (χ3n) is 3.17. The summed E-state index contributed by atoms with van der Waals surface area (Å²) in [4.78, 5) is 19.0. The average Bonchev–Trinajstić information content (AvgIpc) is 3.05. The van der Waals surface area contributed by atoms with E-state index in [0.29, 0.717) is 13.2 Å². The third-order valence-corrected chi connectivity index (χ3v) is 3.17. The molecular formula is C13H15N3O2. The summed E-state index contributed by atoms with van der Waals surface area (Å²) in [6.45, 7) is 1.21. The molecule has 1 aromatic heterocycles. The molecule has 0 spiro atoms. The molecule has 18 heavy (non-hydrogen) atoms. The fourth-order valence-corrected chi connectivity index (χ4v) is 2.18. The molecule has 1 saturated heterocycles. The minimum Gasteiger partial charge on any atom is -0.368 e. The van der Waals surface area contributed by atoms with Crippen LogP contribution in [0.2, 0.25) is 0 Å². The summed E-state index contributed by atoms with van der Waals surface area (Å²) < 4.78 is 5.33. The molecule has 5 heteroatoms. The fraction of sp³-hybridized carbons (Fsp3) is 0.385. The van der Waals surface area contributed by atoms with Crippen LogP contribution in [0, 0.1) is 0 Å². The molecule has 2 N–H and O–H groups in total. The topological polar surface area (TPSA) is 67.0 Å². The molecule has 1 aliphatic heterocycles. The van der Waals surface area contributed by atoms with Crippen LogP contribution >= 0.6 is 0 Å². The van der Waals surface area contributed by atoms with Gasteiger partial charge in [-0.25, -0.2) is 4.98 Å². The van der Waals surface area contributed by atoms with Crippen molar-refractivity contribution in [2.24, 2.45) is 0 Å². The number of amides is 1. The molecule has 1 amide bonds. The zero-order chi connectivity index (χ0) is 12.4. The molecule has 0 saturated carbocycles. The first-order valence-electron chi connectivity index (χ1n) is 6.14. The Bertz CT molecular complexity index is 558. The fourth-order valence-electron chi connectivity index (χ4n) is 2.18. The van der Waals surface area contributed by atoms with E-state index in [-0.39, 0.29) is 12.0 Å². The number of aromatic amines is 1. The van der Waals surface area contributed by atoms with Gasteiger partial charge in [0.15, 0.2) is 0 Å². The molecule has 0 aliphatic carbocycles. The predicted molar refractivity (Wildman–Crippen MR) is 66.9 cm³/mol. The number of aromatic nitrogens is 2. The summed E-state index contributed by atoms with van der Waals surface area (Å²) in [5, 5.41) is 2.90. The lowest BCUT2D eigenvalue weighted by Gasteiger charge is -2.10. The number of rotatable bonds is 3. The van der Waals surface area contributed by atoms with Crippen molar-refractivity contribution in [1.82, 2.24) is 15.3 Å². The maximum Gasteiger partial charge on any atom is 0.249 e. The molecule has 2 heterocycles. The first-order chi connectivity index (χ1) is 8.83. The number of nitrogens with one attached hydrogen (secondary N) is 2. The number of hydrogen-bond acceptors (Lipinski definition) is 3. The molecule has 3 rings (SSSR count). The van der Waals surface area contributed by atoms with Crippen LogP contribution in [0.3, 0.4) is 0 Å². The summed E-state index contributed by atoms with van der Waals surface area (Å²) in [7, 11) is 0. The van der Waals surface area contributed by atoms with Gasteiger partial charge in [-0.05, 0) is 30.5 Å². The van der Waals surface area contributed by atoms with E-state index in [1.165, 1.54) is 0 Å². The van der Waals surface area contributed by atoms with Crippen LogP contribution in [-0.2, 0) is 16.1 Å². The highest BCUT2D eigenvalue weighted by Gasteiger charge is 2.22. The van der Waals surface area contributed by atoms with E-state index in [0.717, 1.165) is 29.4 Å². The Morgan fingerprint density at radius 3 is 3.33 bits per heavy atom. The summed E-state index contributed by atoms with van der Waals surface area (Å²) in [6.07, 6.45) is 3.20. The Hall–Kier alpha value is -1.88. The normalized spacial score (nSPS) is 19.2. The molecule has 1 aromatic carbocycles. The lowest BCUT2D eigenvalue weighted by Crippen LogP contribution is -2.33. The van der Waals surface area contributed by atoms with E-state index in [1.54, 1.807) is 6.33 Å². The van der Waals surface area contributed by atoms with E-state index in [9.17, 15) is 4.79 Å². The van der Waals surface area contributed by atoms with Gasteiger partial charge in [-0.1, -0.05) is 6.07 Å². The van der Waals surface area contributed by atoms with Gasteiger partial charge in [-0.15, -0.1) is 0 Å². The highest BCUT2D eigenvalue weighted by Crippen LogP contribution is 2.13. The predicted octanol–water partition coefficient (Wildman–Crippen LogP) is 1.36. The summed E-state index contributed by atoms with van der Waals surface area (Å²) in [5.74, 6) is -0.0165. The van der Waals surface area contributed by atoms with Gasteiger partial charge in [0.2, 0.25) is 5.91 Å². The van der Waals surface area contributed by atoms with E-state index in [4.69, 9.17) is 4.74 Å². The Balaban J connectivity index is 1.63. The van der Waals surface area contributed by atoms with Gasteiger partial charge in [-0.3, -0.25) is 4.79 Å². The molecule has 2 aromatic rings. The molecule has 5 nitrogen and oxygen atoms in total. The molecule has 0 radical (unpaired) electrons. The smallest absolute Gasteiger partial charge is 0.249 e. The van der Waals surface area contributed by atoms with Gasteiger partial charge in [0.05, 0.1) is 17.4 Å². The van der Waals surface area contributed by atoms with Crippen LogP contribution < -0.4 is 5.32 Å². The standard InChI is InChI=1S/C13H15N3O2/c17-13(12-2-1-5-18-12)14-7-9-3-4-10-11(6-9)16-8-15-10/h3-4,6,8,12H,1-2,5,7H2,(H,14,17)(H,15,16). The van der Waals surface area contributed by atoms with Crippen LogP contribution in [-0.4, -0.2) is 28.6 Å². The second-order valence-electron chi connectivity index (χ2n) is 4.47. The van der Waals surface area contributed by atoms with Crippen molar-refractivity contribution in [3.63, 3.8) is 0 Å². The maximum atomic E-state index is 11.8. The van der Waals surface area contributed by atoms with Crippen LogP contribution in [0.25, 0.3) is 11.0 Å². The van der Waals surface area contributed by atoms with Crippen LogP contribution in [0.5, 0.6) is 0 Å². The van der Waals surface area contributed by atoms with Crippen molar-refractivity contribution in [2.45, 2.75) is 25.5 Å². The van der Waals surface area contributed by atoms with Gasteiger partial charge in [0, 0.05) is 13.2 Å². The van der Waals surface area contributed by atoms with E-state index < -0.39 is 0 Å². The Labute approximate surface area is 105 Å². The quantitative estimate of drug-likeness (QED) is 0.858. The minimum atomic E-state index is -0.263. The van der Waals surface area contributed by atoms with E-state index >= 15 is 0 Å². The number of nitrogens with zero attached hydrogens (tertiary/aromatic N) is 1. The first kappa shape index (κ1) is 11.2. The Morgan fingerprint density at radius 1 is 1.56 bits per heavy atom. The molecule has 1 fully saturated rings. The van der Waals surface area contributed by atoms with E-state index in [2.05, 4.69) is 15.3 Å². The SMILES string of the molecule is O=C(NCc1ccc2nc[nH]c2c1)C1CCCO1. The van der Waals surface area contributed by atoms with Gasteiger partial charge >= 0.3 is 0 Å². The van der Waals surface area contributed by atoms with Crippen LogP contribution in [0.1, 0.15) is 18.4 Å². The summed E-state index contributed by atoms with van der Waals surface area (Å²) >= 11 is 0. The first-order valence-corrected chi connectivity index (χ1v) is 6.14. The van der Waals surface area contributed by atoms with Crippen molar-refractivity contribution in [3.05, 3.63) is 30.1 Å². The van der Waals surface area contributed by atoms with Gasteiger partial charge < -0.3 is 15.0 Å². The number of benzene rings is 1. The van der Waals surface area contributed by atoms with Crippen molar-refractivity contribution in [2.75, 3.05) is 6.61 Å². The number of fused-ring (bicyclic) bond motifs is 1. The molecule has 1 unspecified atom stereocenters. The molecule has 1 atom stereocenters. The number of carbonyl (C=O) groups is 1. The van der Waals surface area contributed by atoms with Crippen molar-refractivity contribution < 1.29 is 9.53 Å². The Morgan fingerprint density at radius 2 is 2.50 bits per heavy atom. The number of imidazole rings is 1. The molecule has 0 bridgehead atoms. The highest BCUT2D eigenvalue weighted by molar-refractivity contribution is 5.81. The monoisotopic (exact) mass is 245 g/mol. The molecule has 94 valence electrons. The molecular weight excluding hydrogens is 230 g/mol. The van der Waals surface area contributed by atoms with Gasteiger partial charge in [0.25, 0.3) is 0 Å².